The molecule has 3 nitrogen and oxygen atoms in total. The summed E-state index contributed by atoms with van der Waals surface area (Å²) >= 11 is 3.34. The van der Waals surface area contributed by atoms with Crippen molar-refractivity contribution in [2.24, 2.45) is 29.6 Å². The van der Waals surface area contributed by atoms with Gasteiger partial charge >= 0.3 is 0 Å². The topological polar surface area (TPSA) is 41.1 Å². The molecule has 50 heavy (non-hydrogen) atoms. The fourth-order valence-electron chi connectivity index (χ4n) is 2.90. The minimum Gasteiger partial charge on any atom is -0.386 e. The molecule has 0 aliphatic carbocycles. The maximum atomic E-state index is 10.9. The number of thioether (sulfide) groups is 2. The molecule has 0 unspecified atom stereocenters. The predicted octanol–water partition coefficient (Wildman–Crippen LogP) is 16.1. The maximum Gasteiger partial charge on any atom is 0.279 e. The van der Waals surface area contributed by atoms with Crippen LogP contribution in [0.2, 0.25) is 0 Å². The lowest BCUT2D eigenvalue weighted by Gasteiger charge is -2.15. The van der Waals surface area contributed by atoms with Gasteiger partial charge in [-0.2, -0.15) is 11.8 Å². The minimum atomic E-state index is 0.0741. The van der Waals surface area contributed by atoms with Crippen LogP contribution in [-0.4, -0.2) is 43.6 Å². The van der Waals surface area contributed by atoms with E-state index in [0.29, 0.717) is 29.0 Å². The molecule has 0 rings (SSSR count). The van der Waals surface area contributed by atoms with Crippen LogP contribution >= 0.6 is 45.1 Å². The third-order valence-corrected chi connectivity index (χ3v) is 10.5. The normalized spacial score (nSPS) is 11.1. The molecule has 0 spiro atoms. The molecule has 0 aromatic heterocycles. The number of carbonyl (C=O) groups is 1. The van der Waals surface area contributed by atoms with Gasteiger partial charge in [-0.15, -0.1) is 0 Å². The van der Waals surface area contributed by atoms with Crippen molar-refractivity contribution in [2.45, 2.75) is 217 Å². The first-order valence-corrected chi connectivity index (χ1v) is 23.7. The smallest absolute Gasteiger partial charge is 0.279 e. The van der Waals surface area contributed by atoms with Crippen LogP contribution in [0.5, 0.6) is 0 Å². The fourth-order valence-corrected chi connectivity index (χ4v) is 6.50. The Morgan fingerprint density at radius 2 is 0.820 bits per heavy atom. The van der Waals surface area contributed by atoms with E-state index in [1.54, 1.807) is 0 Å². The summed E-state index contributed by atoms with van der Waals surface area (Å²) in [4.78, 5) is 10.9. The molecule has 0 aromatic rings. The highest BCUT2D eigenvalue weighted by atomic mass is 33.1. The molecule has 7 heteroatoms. The molecule has 0 aromatic carbocycles. The summed E-state index contributed by atoms with van der Waals surface area (Å²) in [5.41, 5.74) is 1.13. The molecule has 0 atom stereocenters. The Labute approximate surface area is 335 Å². The van der Waals surface area contributed by atoms with Gasteiger partial charge in [-0.25, -0.2) is 0 Å². The Bertz CT molecular complexity index is 666. The van der Waals surface area contributed by atoms with Crippen molar-refractivity contribution in [3.8, 4) is 0 Å². The first-order chi connectivity index (χ1) is 22.6. The first kappa shape index (κ1) is 62.2. The lowest BCUT2D eigenvalue weighted by molar-refractivity contribution is 0.258. The third kappa shape index (κ3) is 86.6. The number of rotatable bonds is 15. The lowest BCUT2D eigenvalue weighted by atomic mass is 10.0. The number of nitrogens with one attached hydrogen (secondary N) is 2. The van der Waals surface area contributed by atoms with Crippen molar-refractivity contribution in [2.75, 3.05) is 0 Å². The molecule has 0 bridgehead atoms. The van der Waals surface area contributed by atoms with Crippen LogP contribution in [0.1, 0.15) is 179 Å². The van der Waals surface area contributed by atoms with Crippen molar-refractivity contribution in [3.05, 3.63) is 24.4 Å². The van der Waals surface area contributed by atoms with E-state index in [-0.39, 0.29) is 11.3 Å². The molecule has 2 N–H and O–H groups in total. The summed E-state index contributed by atoms with van der Waals surface area (Å²) in [7, 11) is 3.91. The molecule has 0 aliphatic heterocycles. The number of hydrogen-bond donors (Lipinski definition) is 2. The van der Waals surface area contributed by atoms with E-state index < -0.39 is 0 Å². The second-order valence-corrected chi connectivity index (χ2v) is 23.6. The summed E-state index contributed by atoms with van der Waals surface area (Å²) in [5, 5.41) is 9.61. The van der Waals surface area contributed by atoms with Gasteiger partial charge in [0.15, 0.2) is 0 Å². The van der Waals surface area contributed by atoms with Crippen LogP contribution in [0.3, 0.4) is 0 Å². The third-order valence-electron chi connectivity index (χ3n) is 5.11. The Morgan fingerprint density at radius 3 is 0.960 bits per heavy atom. The second-order valence-electron chi connectivity index (χ2n) is 16.5. The van der Waals surface area contributed by atoms with E-state index in [0.717, 1.165) is 38.5 Å². The maximum absolute atomic E-state index is 10.9. The van der Waals surface area contributed by atoms with Crippen molar-refractivity contribution in [1.29, 1.82) is 0 Å². The van der Waals surface area contributed by atoms with Crippen LogP contribution in [0.4, 0.5) is 4.79 Å². The van der Waals surface area contributed by atoms with Crippen molar-refractivity contribution in [3.63, 3.8) is 0 Å². The van der Waals surface area contributed by atoms with Crippen LogP contribution < -0.4 is 10.6 Å². The predicted molar refractivity (Wildman–Crippen MR) is 250 cm³/mol. The van der Waals surface area contributed by atoms with E-state index in [1.807, 2.05) is 61.0 Å². The van der Waals surface area contributed by atoms with Gasteiger partial charge in [0.25, 0.3) is 5.24 Å². The average molecular weight is 784 g/mol. The summed E-state index contributed by atoms with van der Waals surface area (Å²) in [6.45, 7) is 56.0. The highest BCUT2D eigenvalue weighted by molar-refractivity contribution is 8.77. The van der Waals surface area contributed by atoms with Crippen molar-refractivity contribution in [1.82, 2.24) is 10.6 Å². The quantitative estimate of drug-likeness (QED) is 0.127. The lowest BCUT2D eigenvalue weighted by Crippen LogP contribution is -2.27. The van der Waals surface area contributed by atoms with Gasteiger partial charge in [0.1, 0.15) is 0 Å². The van der Waals surface area contributed by atoms with Crippen molar-refractivity contribution < 1.29 is 4.79 Å². The summed E-state index contributed by atoms with van der Waals surface area (Å²) in [6.07, 6.45) is 7.25. The van der Waals surface area contributed by atoms with Gasteiger partial charge in [0, 0.05) is 33.5 Å². The molecule has 1 amide bonds. The van der Waals surface area contributed by atoms with Gasteiger partial charge in [-0.3, -0.25) is 4.79 Å². The summed E-state index contributed by atoms with van der Waals surface area (Å²) in [6, 6.07) is 0.763. The second kappa shape index (κ2) is 41.9. The minimum absolute atomic E-state index is 0.0741. The molecule has 0 saturated carbocycles. The average Bonchev–Trinajstić information content (AvgIpc) is 2.89. The molecular weight excluding hydrogens is 689 g/mol. The zero-order valence-electron chi connectivity index (χ0n) is 38.2. The largest absolute Gasteiger partial charge is 0.386 e. The van der Waals surface area contributed by atoms with Gasteiger partial charge in [-0.05, 0) is 67.8 Å². The molecular formula is C43H94N2OS4. The fraction of sp³-hybridized carbons (Fsp3) is 0.884. The highest BCUT2D eigenvalue weighted by Gasteiger charge is 2.05. The Morgan fingerprint density at radius 1 is 0.500 bits per heavy atom. The molecule has 0 fully saturated rings. The highest BCUT2D eigenvalue weighted by Crippen LogP contribution is 2.29. The molecule has 0 aliphatic rings. The van der Waals surface area contributed by atoms with Crippen LogP contribution in [-0.2, 0) is 0 Å². The zero-order valence-corrected chi connectivity index (χ0v) is 41.5. The number of hydrogen-bond acceptors (Lipinski definition) is 6. The van der Waals surface area contributed by atoms with Crippen LogP contribution in [0.25, 0.3) is 0 Å². The molecule has 0 heterocycles. The molecule has 306 valence electrons. The SMILES string of the molecule is C=C(NC(C)C)C(C)C.CC(C)C=CC(C)C.CC(C)CCC(C)C.CC(C)NC(=O)SC(C)C.CC(C)SC(C)C.CC(C)SSC(C)C. The van der Waals surface area contributed by atoms with Gasteiger partial charge in [0.05, 0.1) is 0 Å². The van der Waals surface area contributed by atoms with Crippen molar-refractivity contribution >= 4 is 50.4 Å². The monoisotopic (exact) mass is 783 g/mol. The van der Waals surface area contributed by atoms with E-state index in [1.165, 1.54) is 24.6 Å². The zero-order chi connectivity index (χ0) is 41.2. The number of carbonyl (C=O) groups excluding carboxylic acids is 1. The van der Waals surface area contributed by atoms with Gasteiger partial charge < -0.3 is 10.6 Å². The van der Waals surface area contributed by atoms with Gasteiger partial charge in [-0.1, -0.05) is 203 Å². The number of amides is 1. The standard InChI is InChI=1S/C8H17N.C8H18.C8H16.C7H15NOS.C6H14S2.C6H14S/c1-6(2)8(5)9-7(3)4;2*1-7(2)5-6-8(3)4;1-5(2)8-7(9)10-6(3)4;1-5(2)7-8-6(3)4;1-5(2)7-6(3)4/h6-7,9H,5H2,1-4H3;7-8H,5-6H2,1-4H3;5-8H,1-4H3;5-6H,1-4H3,(H,8,9);5-6H,1-4H3;5-6H,1-4H3. The molecule has 0 radical (unpaired) electrons. The van der Waals surface area contributed by atoms with Crippen LogP contribution in [0.15, 0.2) is 24.4 Å². The van der Waals surface area contributed by atoms with Crippen LogP contribution in [0, 0.1) is 29.6 Å². The number of allylic oxidation sites excluding steroid dienone is 3. The van der Waals surface area contributed by atoms with E-state index >= 15 is 0 Å². The Hall–Kier alpha value is 0.150. The Balaban J connectivity index is -0.000000117. The molecule has 0 saturated heterocycles. The van der Waals surface area contributed by atoms with E-state index in [2.05, 4.69) is 168 Å². The van der Waals surface area contributed by atoms with E-state index in [4.69, 9.17) is 0 Å². The van der Waals surface area contributed by atoms with E-state index in [9.17, 15) is 4.79 Å². The summed E-state index contributed by atoms with van der Waals surface area (Å²) in [5.74, 6) is 3.73. The van der Waals surface area contributed by atoms with Gasteiger partial charge in [0.2, 0.25) is 0 Å². The Kier molecular flexibility index (Phi) is 52.1. The summed E-state index contributed by atoms with van der Waals surface area (Å²) < 4.78 is 0. The first-order valence-electron chi connectivity index (χ1n) is 19.6.